The van der Waals surface area contributed by atoms with Crippen molar-refractivity contribution < 1.29 is 54.9 Å². The molecule has 6 unspecified atom stereocenters. The average Bonchev–Trinajstić information content (AvgIpc) is 4.24. The van der Waals surface area contributed by atoms with Gasteiger partial charge in [-0.2, -0.15) is 26.3 Å². The monoisotopic (exact) mass is 1070 g/mol. The molecule has 9 rings (SSSR count). The first-order valence-corrected chi connectivity index (χ1v) is 26.0. The molecular formula is C66H66F6O6. The van der Waals surface area contributed by atoms with Crippen LogP contribution in [0.15, 0.2) is 164 Å². The van der Waals surface area contributed by atoms with E-state index in [9.17, 15) is 40.7 Å². The zero-order chi connectivity index (χ0) is 57.4. The highest BCUT2D eigenvalue weighted by atomic mass is 19.4. The third-order valence-corrected chi connectivity index (χ3v) is 15.6. The van der Waals surface area contributed by atoms with Gasteiger partial charge in [-0.05, 0) is 164 Å². The van der Waals surface area contributed by atoms with Crippen LogP contribution in [-0.4, -0.2) is 34.7 Å². The van der Waals surface area contributed by atoms with Crippen molar-refractivity contribution in [2.75, 3.05) is 0 Å². The van der Waals surface area contributed by atoms with Crippen molar-refractivity contribution in [2.24, 2.45) is 0 Å². The van der Waals surface area contributed by atoms with Gasteiger partial charge in [-0.25, -0.2) is 14.4 Å². The topological polar surface area (TPSA) is 78.9 Å². The van der Waals surface area contributed by atoms with E-state index in [4.69, 9.17) is 14.2 Å². The van der Waals surface area contributed by atoms with Gasteiger partial charge in [-0.3, -0.25) is 0 Å². The van der Waals surface area contributed by atoms with E-state index in [2.05, 4.69) is 76.0 Å². The summed E-state index contributed by atoms with van der Waals surface area (Å²) in [5.41, 5.74) is 9.25. The lowest BCUT2D eigenvalue weighted by molar-refractivity contribution is -0.155. The second-order valence-electron chi connectivity index (χ2n) is 21.2. The molecule has 6 nitrogen and oxygen atoms in total. The number of carbonyl (C=O) groups is 3. The SMILES string of the molecule is C=C(C)C(=O)OC(C)(CC)C1c2ccccc2-c2c(C)cccc21.C=C(C)C(=O)OC(C)(CC)C1c2ccccc2-c2cc(C(F)(F)F)ccc21.C=C(C)C(=O)OC(C)(CC)C1c2ccccc2-c2ccc(C(F)(F)F)cc21. The normalized spacial score (nSPS) is 17.6. The average molecular weight is 1070 g/mol. The fraction of sp³-hybridized carbons (Fsp3) is 0.318. The Hall–Kier alpha value is -7.47. The third kappa shape index (κ3) is 11.1. The van der Waals surface area contributed by atoms with Crippen LogP contribution in [0.5, 0.6) is 0 Å². The predicted molar refractivity (Wildman–Crippen MR) is 295 cm³/mol. The summed E-state index contributed by atoms with van der Waals surface area (Å²) < 4.78 is 97.0. The molecule has 0 heterocycles. The number of aryl methyl sites for hydroxylation is 1. The first-order chi connectivity index (χ1) is 36.5. The minimum Gasteiger partial charge on any atom is -0.455 e. The summed E-state index contributed by atoms with van der Waals surface area (Å²) >= 11 is 0. The number of hydrogen-bond donors (Lipinski definition) is 0. The van der Waals surface area contributed by atoms with Crippen LogP contribution < -0.4 is 0 Å². The molecular weight excluding hydrogens is 1000 g/mol. The highest BCUT2D eigenvalue weighted by molar-refractivity contribution is 5.90. The molecule has 6 aromatic rings. The summed E-state index contributed by atoms with van der Waals surface area (Å²) in [5, 5.41) is 0. The van der Waals surface area contributed by atoms with Crippen LogP contribution in [-0.2, 0) is 40.9 Å². The van der Waals surface area contributed by atoms with E-state index < -0.39 is 58.1 Å². The lowest BCUT2D eigenvalue weighted by Gasteiger charge is -2.36. The fourth-order valence-electron chi connectivity index (χ4n) is 11.1. The van der Waals surface area contributed by atoms with Crippen molar-refractivity contribution in [1.29, 1.82) is 0 Å². The molecule has 12 heteroatoms. The van der Waals surface area contributed by atoms with Crippen LogP contribution in [0, 0.1) is 6.92 Å². The van der Waals surface area contributed by atoms with Gasteiger partial charge >= 0.3 is 30.3 Å². The van der Waals surface area contributed by atoms with Crippen LogP contribution in [0.2, 0.25) is 0 Å². The van der Waals surface area contributed by atoms with Gasteiger partial charge in [0, 0.05) is 34.5 Å². The van der Waals surface area contributed by atoms with Gasteiger partial charge in [-0.1, -0.05) is 144 Å². The van der Waals surface area contributed by atoms with Crippen LogP contribution in [0.4, 0.5) is 26.3 Å². The number of esters is 3. The molecule has 6 aromatic carbocycles. The number of benzene rings is 6. The van der Waals surface area contributed by atoms with E-state index in [1.807, 2.05) is 70.2 Å². The maximum Gasteiger partial charge on any atom is 0.416 e. The molecule has 0 fully saturated rings. The van der Waals surface area contributed by atoms with E-state index in [0.717, 1.165) is 51.9 Å². The molecule has 0 bridgehead atoms. The van der Waals surface area contributed by atoms with Crippen molar-refractivity contribution in [3.8, 4) is 33.4 Å². The molecule has 6 atom stereocenters. The van der Waals surface area contributed by atoms with E-state index in [1.54, 1.807) is 33.8 Å². The first-order valence-electron chi connectivity index (χ1n) is 26.0. The Morgan fingerprint density at radius 3 is 1.19 bits per heavy atom. The standard InChI is InChI=1S/2C22H21F3O2.C22H24O2/c1-5-21(4,27-20(26)13(2)3)19-17-9-7-6-8-15(17)16-11-10-14(12-18(16)19)22(23,24)25;1-5-21(4,27-20(26)13(2)3)19-16-9-7-6-8-15(16)18-12-14(22(23,24)25)10-11-17(18)19;1-6-22(5,24-21(23)14(2)3)20-17-12-8-7-11-16(17)19-15(4)10-9-13-18(19)20/h2*6-12,19H,2,5H2,1,3-4H3;7-13,20H,2,6H2,1,3-5H3. The van der Waals surface area contributed by atoms with Gasteiger partial charge in [0.1, 0.15) is 16.8 Å². The largest absolute Gasteiger partial charge is 0.455 e. The number of carbonyl (C=O) groups excluding carboxylic acids is 3. The number of ether oxygens (including phenoxy) is 3. The Morgan fingerprint density at radius 1 is 0.423 bits per heavy atom. The molecule has 0 spiro atoms. The van der Waals surface area contributed by atoms with Crippen molar-refractivity contribution in [3.63, 3.8) is 0 Å². The highest BCUT2D eigenvalue weighted by Crippen LogP contribution is 2.56. The van der Waals surface area contributed by atoms with Gasteiger partial charge in [-0.15, -0.1) is 0 Å². The Kier molecular flexibility index (Phi) is 16.5. The molecule has 78 heavy (non-hydrogen) atoms. The molecule has 0 aliphatic heterocycles. The summed E-state index contributed by atoms with van der Waals surface area (Å²) in [6, 6.07) is 37.2. The maximum absolute atomic E-state index is 13.3. The summed E-state index contributed by atoms with van der Waals surface area (Å²) in [4.78, 5) is 36.7. The second-order valence-corrected chi connectivity index (χ2v) is 21.2. The molecule has 3 aliphatic carbocycles. The Balaban J connectivity index is 0.000000170. The molecule has 0 saturated heterocycles. The molecule has 0 N–H and O–H groups in total. The summed E-state index contributed by atoms with van der Waals surface area (Å²) in [6.07, 6.45) is -7.17. The quantitative estimate of drug-likeness (QED) is 0.0526. The lowest BCUT2D eigenvalue weighted by Crippen LogP contribution is -2.38. The van der Waals surface area contributed by atoms with Crippen molar-refractivity contribution in [2.45, 2.75) is 135 Å². The van der Waals surface area contributed by atoms with Crippen LogP contribution >= 0.6 is 0 Å². The van der Waals surface area contributed by atoms with Crippen molar-refractivity contribution in [3.05, 3.63) is 214 Å². The first kappa shape index (κ1) is 58.2. The predicted octanol–water partition coefficient (Wildman–Crippen LogP) is 17.6. The maximum atomic E-state index is 13.3. The molecule has 408 valence electrons. The lowest BCUT2D eigenvalue weighted by atomic mass is 9.79. The minimum absolute atomic E-state index is 0.0388. The number of alkyl halides is 6. The van der Waals surface area contributed by atoms with Crippen LogP contribution in [0.25, 0.3) is 33.4 Å². The Bertz CT molecular complexity index is 3350. The second kappa shape index (κ2) is 22.1. The minimum atomic E-state index is -4.44. The Labute approximate surface area is 453 Å². The van der Waals surface area contributed by atoms with Gasteiger partial charge in [0.25, 0.3) is 0 Å². The van der Waals surface area contributed by atoms with Gasteiger partial charge in [0.15, 0.2) is 0 Å². The van der Waals surface area contributed by atoms with Crippen LogP contribution in [0.1, 0.15) is 149 Å². The molecule has 0 aromatic heterocycles. The van der Waals surface area contributed by atoms with E-state index in [1.165, 1.54) is 52.1 Å². The number of hydrogen-bond acceptors (Lipinski definition) is 6. The van der Waals surface area contributed by atoms with Gasteiger partial charge in [0.2, 0.25) is 0 Å². The zero-order valence-corrected chi connectivity index (χ0v) is 45.8. The molecule has 0 amide bonds. The van der Waals surface area contributed by atoms with E-state index in [-0.39, 0.29) is 29.0 Å². The van der Waals surface area contributed by atoms with Crippen molar-refractivity contribution >= 4 is 17.9 Å². The smallest absolute Gasteiger partial charge is 0.416 e. The summed E-state index contributed by atoms with van der Waals surface area (Å²) in [5.74, 6) is -2.16. The molecule has 3 aliphatic rings. The molecule has 0 saturated carbocycles. The molecule has 0 radical (unpaired) electrons. The number of rotatable bonds is 12. The fourth-order valence-corrected chi connectivity index (χ4v) is 11.1. The number of halogens is 6. The van der Waals surface area contributed by atoms with Gasteiger partial charge < -0.3 is 14.2 Å². The summed E-state index contributed by atoms with van der Waals surface area (Å²) in [6.45, 7) is 29.4. The van der Waals surface area contributed by atoms with Crippen molar-refractivity contribution in [1.82, 2.24) is 0 Å². The zero-order valence-electron chi connectivity index (χ0n) is 45.8. The van der Waals surface area contributed by atoms with E-state index in [0.29, 0.717) is 29.5 Å². The highest BCUT2D eigenvalue weighted by Gasteiger charge is 2.48. The third-order valence-electron chi connectivity index (χ3n) is 15.6. The Morgan fingerprint density at radius 2 is 0.756 bits per heavy atom. The van der Waals surface area contributed by atoms with E-state index >= 15 is 0 Å². The van der Waals surface area contributed by atoms with Crippen LogP contribution in [0.3, 0.4) is 0 Å². The van der Waals surface area contributed by atoms with Gasteiger partial charge in [0.05, 0.1) is 11.1 Å². The summed E-state index contributed by atoms with van der Waals surface area (Å²) in [7, 11) is 0. The number of fused-ring (bicyclic) bond motifs is 9.